The Hall–Kier alpha value is -0.850. The largest absolute Gasteiger partial charge is 0.444 e. The fraction of sp³-hybridized carbons (Fsp3) is 0.933. The third kappa shape index (κ3) is 9.66. The summed E-state index contributed by atoms with van der Waals surface area (Å²) < 4.78 is 5.25. The third-order valence-electron chi connectivity index (χ3n) is 3.33. The minimum atomic E-state index is -0.488. The van der Waals surface area contributed by atoms with Crippen LogP contribution in [0.4, 0.5) is 4.79 Å². The van der Waals surface area contributed by atoms with Crippen molar-refractivity contribution in [2.75, 3.05) is 32.7 Å². The summed E-state index contributed by atoms with van der Waals surface area (Å²) in [5.41, 5.74) is 5.30. The fourth-order valence-electron chi connectivity index (χ4n) is 2.01. The Morgan fingerprint density at radius 3 is 2.29 bits per heavy atom. The van der Waals surface area contributed by atoms with Crippen LogP contribution in [0.3, 0.4) is 0 Å². The van der Waals surface area contributed by atoms with Gasteiger partial charge in [0.15, 0.2) is 0 Å². The van der Waals surface area contributed by atoms with Crippen molar-refractivity contribution in [1.82, 2.24) is 15.5 Å². The zero-order valence-corrected chi connectivity index (χ0v) is 14.5. The summed E-state index contributed by atoms with van der Waals surface area (Å²) in [6.07, 6.45) is -0.404. The van der Waals surface area contributed by atoms with Gasteiger partial charge in [-0.1, -0.05) is 13.8 Å². The lowest BCUT2D eigenvalue weighted by Gasteiger charge is -2.28. The number of nitrogens with zero attached hydrogens (tertiary/aromatic N) is 1. The maximum Gasteiger partial charge on any atom is 0.407 e. The molecule has 0 bridgehead atoms. The van der Waals surface area contributed by atoms with Crippen molar-refractivity contribution in [3.8, 4) is 0 Å². The minimum Gasteiger partial charge on any atom is -0.444 e. The standard InChI is InChI=1S/C15H34N4O2/c1-7-19(8-2)10-9-17-13(11-16)12(3)18-14(20)21-15(4,5)6/h12-13,17H,7-11,16H2,1-6H3,(H,18,20). The van der Waals surface area contributed by atoms with Crippen molar-refractivity contribution >= 4 is 6.09 Å². The SMILES string of the molecule is CCN(CC)CCNC(CN)C(C)NC(=O)OC(C)(C)C. The molecule has 0 aliphatic carbocycles. The molecule has 0 fully saturated rings. The quantitative estimate of drug-likeness (QED) is 0.595. The van der Waals surface area contributed by atoms with Crippen molar-refractivity contribution in [3.63, 3.8) is 0 Å². The molecule has 0 aliphatic rings. The number of hydrogen-bond acceptors (Lipinski definition) is 5. The van der Waals surface area contributed by atoms with Crippen molar-refractivity contribution < 1.29 is 9.53 Å². The molecule has 1 amide bonds. The van der Waals surface area contributed by atoms with Crippen LogP contribution >= 0.6 is 0 Å². The Balaban J connectivity index is 4.17. The lowest BCUT2D eigenvalue weighted by Crippen LogP contribution is -2.53. The molecule has 6 nitrogen and oxygen atoms in total. The van der Waals surface area contributed by atoms with E-state index in [1.165, 1.54) is 0 Å². The van der Waals surface area contributed by atoms with Gasteiger partial charge in [0, 0.05) is 31.7 Å². The Labute approximate surface area is 129 Å². The number of ether oxygens (including phenoxy) is 1. The summed E-state index contributed by atoms with van der Waals surface area (Å²) in [5, 5.41) is 6.24. The molecule has 0 aromatic carbocycles. The van der Waals surface area contributed by atoms with Crippen LogP contribution in [-0.2, 0) is 4.74 Å². The molecule has 0 heterocycles. The molecule has 2 unspecified atom stereocenters. The number of likely N-dealkylation sites (N-methyl/N-ethyl adjacent to an activating group) is 1. The van der Waals surface area contributed by atoms with Gasteiger partial charge < -0.3 is 26.0 Å². The topological polar surface area (TPSA) is 79.6 Å². The van der Waals surface area contributed by atoms with E-state index in [-0.39, 0.29) is 12.1 Å². The van der Waals surface area contributed by atoms with E-state index in [0.717, 1.165) is 26.2 Å². The number of rotatable bonds is 9. The highest BCUT2D eigenvalue weighted by Crippen LogP contribution is 2.07. The van der Waals surface area contributed by atoms with Gasteiger partial charge in [0.25, 0.3) is 0 Å². The van der Waals surface area contributed by atoms with Crippen LogP contribution in [-0.4, -0.2) is 61.4 Å². The molecule has 0 radical (unpaired) electrons. The van der Waals surface area contributed by atoms with E-state index in [9.17, 15) is 4.79 Å². The number of hydrogen-bond donors (Lipinski definition) is 3. The lowest BCUT2D eigenvalue weighted by molar-refractivity contribution is 0.0498. The average molecular weight is 302 g/mol. The van der Waals surface area contributed by atoms with Crippen molar-refractivity contribution in [2.24, 2.45) is 5.73 Å². The van der Waals surface area contributed by atoms with Crippen LogP contribution in [0.15, 0.2) is 0 Å². The number of carbonyl (C=O) groups is 1. The Bertz CT molecular complexity index is 288. The molecular formula is C15H34N4O2. The predicted molar refractivity (Wildman–Crippen MR) is 87.5 cm³/mol. The van der Waals surface area contributed by atoms with Crippen LogP contribution in [0.1, 0.15) is 41.5 Å². The van der Waals surface area contributed by atoms with Gasteiger partial charge in [0.2, 0.25) is 0 Å². The molecule has 0 aliphatic heterocycles. The molecule has 0 spiro atoms. The van der Waals surface area contributed by atoms with Crippen LogP contribution < -0.4 is 16.4 Å². The van der Waals surface area contributed by atoms with Crippen LogP contribution in [0.25, 0.3) is 0 Å². The van der Waals surface area contributed by atoms with Crippen LogP contribution in [0.5, 0.6) is 0 Å². The molecule has 0 rings (SSSR count). The molecule has 6 heteroatoms. The normalized spacial score (nSPS) is 14.9. The van der Waals surface area contributed by atoms with E-state index in [1.807, 2.05) is 27.7 Å². The van der Waals surface area contributed by atoms with Crippen molar-refractivity contribution in [3.05, 3.63) is 0 Å². The molecule has 4 N–H and O–H groups in total. The predicted octanol–water partition coefficient (Wildman–Crippen LogP) is 1.16. The number of nitrogens with one attached hydrogen (secondary N) is 2. The van der Waals surface area contributed by atoms with Gasteiger partial charge in [0.05, 0.1) is 0 Å². The van der Waals surface area contributed by atoms with Crippen molar-refractivity contribution in [1.29, 1.82) is 0 Å². The average Bonchev–Trinajstić information content (AvgIpc) is 2.36. The number of nitrogens with two attached hydrogens (primary N) is 1. The van der Waals surface area contributed by atoms with Gasteiger partial charge in [-0.3, -0.25) is 0 Å². The first-order valence-electron chi connectivity index (χ1n) is 7.88. The highest BCUT2D eigenvalue weighted by atomic mass is 16.6. The number of carbonyl (C=O) groups excluding carboxylic acids is 1. The number of alkyl carbamates (subject to hydrolysis) is 1. The summed E-state index contributed by atoms with van der Waals surface area (Å²) in [6.45, 7) is 16.1. The van der Waals surface area contributed by atoms with E-state index in [4.69, 9.17) is 10.5 Å². The lowest BCUT2D eigenvalue weighted by atomic mass is 10.1. The van der Waals surface area contributed by atoms with Gasteiger partial charge >= 0.3 is 6.09 Å². The molecule has 126 valence electrons. The molecule has 0 aromatic rings. The zero-order valence-electron chi connectivity index (χ0n) is 14.5. The second kappa shape index (κ2) is 9.97. The Morgan fingerprint density at radius 2 is 1.86 bits per heavy atom. The van der Waals surface area contributed by atoms with E-state index >= 15 is 0 Å². The summed E-state index contributed by atoms with van der Waals surface area (Å²) in [5.74, 6) is 0. The summed E-state index contributed by atoms with van der Waals surface area (Å²) >= 11 is 0. The van der Waals surface area contributed by atoms with Crippen molar-refractivity contribution in [2.45, 2.75) is 59.2 Å². The molecule has 21 heavy (non-hydrogen) atoms. The molecule has 2 atom stereocenters. The van der Waals surface area contributed by atoms with Gasteiger partial charge in [-0.05, 0) is 40.8 Å². The third-order valence-corrected chi connectivity index (χ3v) is 3.33. The summed E-state index contributed by atoms with van der Waals surface area (Å²) in [6, 6.07) is -0.0466. The smallest absolute Gasteiger partial charge is 0.407 e. The number of amides is 1. The fourth-order valence-corrected chi connectivity index (χ4v) is 2.01. The zero-order chi connectivity index (χ0) is 16.5. The van der Waals surface area contributed by atoms with E-state index in [0.29, 0.717) is 6.54 Å². The maximum atomic E-state index is 11.8. The maximum absolute atomic E-state index is 11.8. The first-order valence-corrected chi connectivity index (χ1v) is 7.88. The second-order valence-electron chi connectivity index (χ2n) is 6.26. The van der Waals surface area contributed by atoms with E-state index in [2.05, 4.69) is 29.4 Å². The van der Waals surface area contributed by atoms with Crippen LogP contribution in [0.2, 0.25) is 0 Å². The Morgan fingerprint density at radius 1 is 1.29 bits per heavy atom. The Kier molecular flexibility index (Phi) is 9.57. The molecule has 0 aromatic heterocycles. The van der Waals surface area contributed by atoms with Gasteiger partial charge in [-0.2, -0.15) is 0 Å². The molecule has 0 saturated carbocycles. The van der Waals surface area contributed by atoms with Crippen LogP contribution in [0, 0.1) is 0 Å². The van der Waals surface area contributed by atoms with Gasteiger partial charge in [-0.25, -0.2) is 4.79 Å². The first-order chi connectivity index (χ1) is 9.73. The summed E-state index contributed by atoms with van der Waals surface area (Å²) in [7, 11) is 0. The van der Waals surface area contributed by atoms with E-state index in [1.54, 1.807) is 0 Å². The highest BCUT2D eigenvalue weighted by Gasteiger charge is 2.21. The monoisotopic (exact) mass is 302 g/mol. The highest BCUT2D eigenvalue weighted by molar-refractivity contribution is 5.68. The van der Waals surface area contributed by atoms with Gasteiger partial charge in [-0.15, -0.1) is 0 Å². The molecule has 0 saturated heterocycles. The summed E-state index contributed by atoms with van der Waals surface area (Å²) in [4.78, 5) is 14.1. The molecular weight excluding hydrogens is 268 g/mol. The van der Waals surface area contributed by atoms with Gasteiger partial charge in [0.1, 0.15) is 5.60 Å². The van der Waals surface area contributed by atoms with E-state index < -0.39 is 11.7 Å². The minimum absolute atomic E-state index is 0.0353. The second-order valence-corrected chi connectivity index (χ2v) is 6.26. The first kappa shape index (κ1) is 20.1.